The second-order valence-electron chi connectivity index (χ2n) is 9.54. The number of hydrogen-bond acceptors (Lipinski definition) is 8. The van der Waals surface area contributed by atoms with Crippen molar-refractivity contribution in [2.75, 3.05) is 30.9 Å². The van der Waals surface area contributed by atoms with E-state index in [1.165, 1.54) is 6.34 Å². The molecule has 218 valence electrons. The molecule has 41 heavy (non-hydrogen) atoms. The van der Waals surface area contributed by atoms with Crippen molar-refractivity contribution in [2.45, 2.75) is 33.2 Å². The molecular weight excluding hydrogens is 548 g/mol. The highest BCUT2D eigenvalue weighted by molar-refractivity contribution is 6.13. The number of nitrogens with one attached hydrogen (secondary N) is 3. The summed E-state index contributed by atoms with van der Waals surface area (Å²) < 4.78 is 60.0. The highest BCUT2D eigenvalue weighted by atomic mass is 19.4. The molecule has 0 aliphatic carbocycles. The zero-order valence-corrected chi connectivity index (χ0v) is 22.6. The lowest BCUT2D eigenvalue weighted by molar-refractivity contribution is -0.275. The van der Waals surface area contributed by atoms with Gasteiger partial charge in [0.15, 0.2) is 17.4 Å². The van der Waals surface area contributed by atoms with Crippen LogP contribution in [0.1, 0.15) is 29.8 Å². The van der Waals surface area contributed by atoms with Crippen LogP contribution in [0.15, 0.2) is 57.8 Å². The molecule has 0 bridgehead atoms. The number of aliphatic imine (C=N–C) groups is 1. The van der Waals surface area contributed by atoms with Gasteiger partial charge in [-0.1, -0.05) is 6.07 Å². The van der Waals surface area contributed by atoms with E-state index in [-0.39, 0.29) is 17.5 Å². The number of nitrogens with zero attached hydrogens (tertiary/aromatic N) is 3. The van der Waals surface area contributed by atoms with Crippen LogP contribution in [0, 0.1) is 18.7 Å². The highest BCUT2D eigenvalue weighted by Crippen LogP contribution is 2.32. The molecule has 10 nitrogen and oxygen atoms in total. The fourth-order valence-corrected chi connectivity index (χ4v) is 4.41. The Morgan fingerprint density at radius 1 is 1.17 bits per heavy atom. The van der Waals surface area contributed by atoms with Crippen LogP contribution in [0.2, 0.25) is 0 Å². The van der Waals surface area contributed by atoms with Gasteiger partial charge >= 0.3 is 6.36 Å². The van der Waals surface area contributed by atoms with Crippen molar-refractivity contribution in [1.82, 2.24) is 10.3 Å². The molecule has 2 aromatic rings. The van der Waals surface area contributed by atoms with E-state index < -0.39 is 29.8 Å². The van der Waals surface area contributed by atoms with Gasteiger partial charge in [-0.05, 0) is 62.2 Å². The molecule has 14 heteroatoms. The van der Waals surface area contributed by atoms with E-state index >= 15 is 0 Å². The van der Waals surface area contributed by atoms with Gasteiger partial charge in [0.2, 0.25) is 5.91 Å². The van der Waals surface area contributed by atoms with Gasteiger partial charge in [0.05, 0.1) is 19.1 Å². The lowest BCUT2D eigenvalue weighted by atomic mass is 10.0. The van der Waals surface area contributed by atoms with E-state index in [0.29, 0.717) is 42.1 Å². The molecule has 1 unspecified atom stereocenters. The maximum Gasteiger partial charge on any atom is 0.573 e. The Labute approximate surface area is 233 Å². The zero-order valence-electron chi connectivity index (χ0n) is 22.6. The third-order valence-corrected chi connectivity index (χ3v) is 6.40. The Balaban J connectivity index is 1.50. The molecule has 4 rings (SSSR count). The summed E-state index contributed by atoms with van der Waals surface area (Å²) in [7, 11) is 1.56. The summed E-state index contributed by atoms with van der Waals surface area (Å²) in [6, 6.07) is 7.23. The van der Waals surface area contributed by atoms with Gasteiger partial charge in [-0.2, -0.15) is 5.10 Å². The smallest absolute Gasteiger partial charge is 0.403 e. The van der Waals surface area contributed by atoms with Crippen molar-refractivity contribution in [1.29, 1.82) is 0 Å². The average Bonchev–Trinajstić information content (AvgIpc) is 3.24. The van der Waals surface area contributed by atoms with Gasteiger partial charge in [0, 0.05) is 30.1 Å². The van der Waals surface area contributed by atoms with Crippen molar-refractivity contribution < 1.29 is 36.6 Å². The zero-order chi connectivity index (χ0) is 29.9. The predicted molar refractivity (Wildman–Crippen MR) is 144 cm³/mol. The normalized spacial score (nSPS) is 17.1. The van der Waals surface area contributed by atoms with E-state index in [9.17, 15) is 27.2 Å². The van der Waals surface area contributed by atoms with Crippen LogP contribution in [0.4, 0.5) is 28.9 Å². The monoisotopic (exact) mass is 576 g/mol. The number of hydrogen-bond donors (Lipinski definition) is 3. The first-order valence-electron chi connectivity index (χ1n) is 12.5. The minimum absolute atomic E-state index is 0.154. The number of anilines is 2. The molecule has 0 fully saturated rings. The molecule has 0 saturated carbocycles. The number of rotatable bonds is 8. The Hall–Kier alpha value is -4.46. The van der Waals surface area contributed by atoms with Gasteiger partial charge in [-0.25, -0.2) is 9.38 Å². The second-order valence-corrected chi connectivity index (χ2v) is 9.54. The maximum absolute atomic E-state index is 14.1. The number of halogens is 4. The molecular formula is C27H28F4N6O4. The first kappa shape index (κ1) is 29.5. The number of carbonyl (C=O) groups excluding carboxylic acids is 2. The standard InChI is InChI=1S/C27H28F4N6O4/c1-14-5-7-18(35-25(38)17-6-8-22(20(28)9-17)41-27(29,30)31)10-21(14)36-24-23-16(3)19(11-37(23)33-13-32-24)26(39)34-15(2)12-40-4/h5-10,13,15,19H,11-12H2,1-4H3,(H,34,39)(H,35,38)(H,32,33,36)/t15-,19?/m0/s1. The molecule has 2 aliphatic rings. The fraction of sp³-hybridized carbons (Fsp3) is 0.333. The molecule has 0 saturated heterocycles. The summed E-state index contributed by atoms with van der Waals surface area (Å²) in [6.45, 7) is 6.24. The summed E-state index contributed by atoms with van der Waals surface area (Å²) in [6.07, 6.45) is -3.70. The Morgan fingerprint density at radius 2 is 1.93 bits per heavy atom. The van der Waals surface area contributed by atoms with Gasteiger partial charge in [-0.15, -0.1) is 13.2 Å². The van der Waals surface area contributed by atoms with E-state index in [0.717, 1.165) is 23.3 Å². The Bertz CT molecular complexity index is 1440. The molecule has 0 aromatic heterocycles. The number of hydrazone groups is 1. The van der Waals surface area contributed by atoms with Crippen molar-refractivity contribution in [3.05, 3.63) is 64.6 Å². The number of fused-ring (bicyclic) bond motifs is 1. The van der Waals surface area contributed by atoms with E-state index in [1.54, 1.807) is 30.3 Å². The van der Waals surface area contributed by atoms with Crippen LogP contribution in [-0.4, -0.2) is 61.7 Å². The molecule has 3 N–H and O–H groups in total. The van der Waals surface area contributed by atoms with Crippen LogP contribution in [0.5, 0.6) is 5.75 Å². The first-order chi connectivity index (χ1) is 19.4. The highest BCUT2D eigenvalue weighted by Gasteiger charge is 2.37. The first-order valence-corrected chi connectivity index (χ1v) is 12.5. The van der Waals surface area contributed by atoms with Crippen LogP contribution >= 0.6 is 0 Å². The largest absolute Gasteiger partial charge is 0.573 e. The number of methoxy groups -OCH3 is 1. The number of amides is 2. The van der Waals surface area contributed by atoms with Crippen molar-refractivity contribution >= 4 is 35.4 Å². The lowest BCUT2D eigenvalue weighted by Gasteiger charge is -2.23. The fourth-order valence-electron chi connectivity index (χ4n) is 4.41. The minimum Gasteiger partial charge on any atom is -0.403 e. The van der Waals surface area contributed by atoms with Crippen LogP contribution in [0.25, 0.3) is 0 Å². The quantitative estimate of drug-likeness (QED) is 0.401. The number of alkyl halides is 3. The van der Waals surface area contributed by atoms with Gasteiger partial charge < -0.3 is 25.4 Å². The number of amidine groups is 1. The Morgan fingerprint density at radius 3 is 2.61 bits per heavy atom. The SMILES string of the molecule is COC[C@H](C)NC(=O)C1CN2N=CN=C(Nc3cc(NC(=O)c4ccc(OC(F)(F)F)c(F)c4)ccc3C)C2=C1C. The second kappa shape index (κ2) is 12.0. The number of carbonyl (C=O) groups is 2. The third-order valence-electron chi connectivity index (χ3n) is 6.40. The Kier molecular flexibility index (Phi) is 8.61. The molecule has 0 radical (unpaired) electrons. The number of benzene rings is 2. The molecule has 2 aliphatic heterocycles. The summed E-state index contributed by atoms with van der Waals surface area (Å²) in [4.78, 5) is 30.0. The summed E-state index contributed by atoms with van der Waals surface area (Å²) >= 11 is 0. The van der Waals surface area contributed by atoms with E-state index in [2.05, 4.69) is 30.8 Å². The number of aryl methyl sites for hydroxylation is 1. The molecule has 2 amide bonds. The predicted octanol–water partition coefficient (Wildman–Crippen LogP) is 4.41. The van der Waals surface area contributed by atoms with Gasteiger partial charge in [0.25, 0.3) is 5.91 Å². The van der Waals surface area contributed by atoms with Crippen LogP contribution in [-0.2, 0) is 9.53 Å². The van der Waals surface area contributed by atoms with Gasteiger partial charge in [0.1, 0.15) is 12.0 Å². The molecule has 2 aromatic carbocycles. The molecule has 2 atom stereocenters. The van der Waals surface area contributed by atoms with Gasteiger partial charge in [-0.3, -0.25) is 14.6 Å². The topological polar surface area (TPSA) is 117 Å². The summed E-state index contributed by atoms with van der Waals surface area (Å²) in [5.41, 5.74) is 2.95. The number of ether oxygens (including phenoxy) is 2. The van der Waals surface area contributed by atoms with Crippen LogP contribution in [0.3, 0.4) is 0 Å². The van der Waals surface area contributed by atoms with Crippen molar-refractivity contribution in [2.24, 2.45) is 16.0 Å². The summed E-state index contributed by atoms with van der Waals surface area (Å²) in [5.74, 6) is -3.26. The lowest BCUT2D eigenvalue weighted by Crippen LogP contribution is -2.41. The minimum atomic E-state index is -5.06. The molecule has 0 spiro atoms. The van der Waals surface area contributed by atoms with Crippen molar-refractivity contribution in [3.8, 4) is 5.75 Å². The molecule has 2 heterocycles. The van der Waals surface area contributed by atoms with E-state index in [4.69, 9.17) is 4.74 Å². The average molecular weight is 577 g/mol. The van der Waals surface area contributed by atoms with Crippen LogP contribution < -0.4 is 20.7 Å². The third kappa shape index (κ3) is 7.01. The van der Waals surface area contributed by atoms with Crippen molar-refractivity contribution in [3.63, 3.8) is 0 Å². The summed E-state index contributed by atoms with van der Waals surface area (Å²) in [5, 5.41) is 14.8. The maximum atomic E-state index is 14.1. The van der Waals surface area contributed by atoms with E-state index in [1.807, 2.05) is 20.8 Å².